The van der Waals surface area contributed by atoms with Gasteiger partial charge in [-0.1, -0.05) is 29.5 Å². The molecule has 10 heteroatoms. The molecule has 4 aromatic rings. The van der Waals surface area contributed by atoms with Gasteiger partial charge < -0.3 is 5.32 Å². The molecule has 0 unspecified atom stereocenters. The van der Waals surface area contributed by atoms with Crippen LogP contribution in [0.15, 0.2) is 65.8 Å². The molecule has 0 radical (unpaired) electrons. The van der Waals surface area contributed by atoms with Crippen molar-refractivity contribution in [2.45, 2.75) is 11.4 Å². The van der Waals surface area contributed by atoms with Gasteiger partial charge in [0.25, 0.3) is 0 Å². The quantitative estimate of drug-likeness (QED) is 0.477. The van der Waals surface area contributed by atoms with Crippen molar-refractivity contribution in [3.05, 3.63) is 60.9 Å². The number of fused-ring (bicyclic) bond motifs is 1. The van der Waals surface area contributed by atoms with Crippen LogP contribution in [0.5, 0.6) is 0 Å². The van der Waals surface area contributed by atoms with E-state index in [9.17, 15) is 13.2 Å². The van der Waals surface area contributed by atoms with Gasteiger partial charge in [-0.05, 0) is 41.5 Å². The number of anilines is 1. The topological polar surface area (TPSA) is 106 Å². The first-order valence-corrected chi connectivity index (χ1v) is 11.8. The molecule has 0 saturated heterocycles. The summed E-state index contributed by atoms with van der Waals surface area (Å²) in [5.41, 5.74) is 2.45. The second-order valence-electron chi connectivity index (χ2n) is 6.65. The summed E-state index contributed by atoms with van der Waals surface area (Å²) >= 11 is 1.36. The molecule has 2 aromatic heterocycles. The molecule has 0 aliphatic rings. The number of urea groups is 1. The van der Waals surface area contributed by atoms with Gasteiger partial charge in [-0.15, -0.1) is 0 Å². The van der Waals surface area contributed by atoms with Crippen LogP contribution in [0.1, 0.15) is 0 Å². The first-order valence-electron chi connectivity index (χ1n) is 9.12. The molecular weight excluding hydrogens is 422 g/mol. The fourth-order valence-corrected chi connectivity index (χ4v) is 4.49. The molecule has 0 aliphatic carbocycles. The molecule has 0 spiro atoms. The maximum Gasteiger partial charge on any atom is 0.321 e. The zero-order chi connectivity index (χ0) is 21.1. The summed E-state index contributed by atoms with van der Waals surface area (Å²) in [7, 11) is -3.28. The van der Waals surface area contributed by atoms with E-state index in [1.807, 2.05) is 36.5 Å². The van der Waals surface area contributed by atoms with Crippen LogP contribution < -0.4 is 10.6 Å². The Labute approximate surface area is 177 Å². The van der Waals surface area contributed by atoms with Crippen LogP contribution in [0.25, 0.3) is 21.3 Å². The lowest BCUT2D eigenvalue weighted by Crippen LogP contribution is -2.31. The number of hydrogen-bond donors (Lipinski definition) is 2. The van der Waals surface area contributed by atoms with Crippen molar-refractivity contribution >= 4 is 42.6 Å². The monoisotopic (exact) mass is 441 g/mol. The van der Waals surface area contributed by atoms with Crippen molar-refractivity contribution in [1.29, 1.82) is 0 Å². The molecule has 4 rings (SSSR count). The normalized spacial score (nSPS) is 11.5. The third-order valence-electron chi connectivity index (χ3n) is 4.39. The van der Waals surface area contributed by atoms with Crippen molar-refractivity contribution in [3.8, 4) is 11.1 Å². The highest BCUT2D eigenvalue weighted by Gasteiger charge is 2.11. The van der Waals surface area contributed by atoms with Gasteiger partial charge in [0.05, 0.1) is 21.7 Å². The number of nitrogens with zero attached hydrogens (tertiary/aromatic N) is 3. The highest BCUT2D eigenvalue weighted by atomic mass is 32.2. The van der Waals surface area contributed by atoms with E-state index in [-0.39, 0.29) is 10.9 Å². The summed E-state index contributed by atoms with van der Waals surface area (Å²) in [5.74, 6) is 0. The van der Waals surface area contributed by atoms with Crippen molar-refractivity contribution in [2.24, 2.45) is 0 Å². The van der Waals surface area contributed by atoms with E-state index in [0.717, 1.165) is 21.3 Å². The zero-order valence-electron chi connectivity index (χ0n) is 16.1. The van der Waals surface area contributed by atoms with Crippen LogP contribution in [0.4, 0.5) is 9.93 Å². The predicted octanol–water partition coefficient (Wildman–Crippen LogP) is 3.39. The van der Waals surface area contributed by atoms with E-state index in [1.54, 1.807) is 29.1 Å². The van der Waals surface area contributed by atoms with Gasteiger partial charge >= 0.3 is 6.03 Å². The van der Waals surface area contributed by atoms with E-state index >= 15 is 0 Å². The van der Waals surface area contributed by atoms with Gasteiger partial charge in [-0.3, -0.25) is 10.00 Å². The van der Waals surface area contributed by atoms with Gasteiger partial charge in [0, 0.05) is 25.2 Å². The second kappa shape index (κ2) is 8.25. The summed E-state index contributed by atoms with van der Waals surface area (Å²) in [5, 5.41) is 10.1. The standard InChI is InChI=1S/C20H19N5O3S2/c1-30(27,28)16-5-2-4-14(12-16)15-6-7-17-18(13-15)29-20(23-17)24-19(26)21-9-11-25-10-3-8-22-25/h2-8,10,12-13H,9,11H2,1H3,(H2,21,23,24,26). The SMILES string of the molecule is CS(=O)(=O)c1cccc(-c2ccc3nc(NC(=O)NCCn4cccn4)sc3c2)c1. The van der Waals surface area contributed by atoms with Gasteiger partial charge in [0.15, 0.2) is 15.0 Å². The average molecular weight is 442 g/mol. The summed E-state index contributed by atoms with van der Waals surface area (Å²) < 4.78 is 26.3. The molecule has 0 atom stereocenters. The van der Waals surface area contributed by atoms with E-state index in [4.69, 9.17) is 0 Å². The number of carbonyl (C=O) groups is 1. The average Bonchev–Trinajstić information content (AvgIpc) is 3.36. The largest absolute Gasteiger partial charge is 0.336 e. The minimum absolute atomic E-state index is 0.276. The number of benzene rings is 2. The molecule has 2 aromatic carbocycles. The van der Waals surface area contributed by atoms with E-state index in [2.05, 4.69) is 20.7 Å². The molecule has 8 nitrogen and oxygen atoms in total. The lowest BCUT2D eigenvalue weighted by Gasteiger charge is -2.05. The predicted molar refractivity (Wildman–Crippen MR) is 117 cm³/mol. The molecule has 2 heterocycles. The third kappa shape index (κ3) is 4.66. The number of amides is 2. The fourth-order valence-electron chi connectivity index (χ4n) is 2.92. The van der Waals surface area contributed by atoms with Crippen molar-refractivity contribution in [1.82, 2.24) is 20.1 Å². The Morgan fingerprint density at radius 3 is 2.73 bits per heavy atom. The minimum atomic E-state index is -3.28. The van der Waals surface area contributed by atoms with Crippen LogP contribution >= 0.6 is 11.3 Å². The van der Waals surface area contributed by atoms with E-state index in [0.29, 0.717) is 18.2 Å². The molecule has 30 heavy (non-hydrogen) atoms. The molecule has 154 valence electrons. The minimum Gasteiger partial charge on any atom is -0.336 e. The van der Waals surface area contributed by atoms with Crippen molar-refractivity contribution in [2.75, 3.05) is 18.1 Å². The fraction of sp³-hybridized carbons (Fsp3) is 0.150. The van der Waals surface area contributed by atoms with Crippen molar-refractivity contribution < 1.29 is 13.2 Å². The molecule has 2 amide bonds. The van der Waals surface area contributed by atoms with Gasteiger partial charge in [0.2, 0.25) is 0 Å². The number of hydrogen-bond acceptors (Lipinski definition) is 6. The van der Waals surface area contributed by atoms with E-state index < -0.39 is 9.84 Å². The van der Waals surface area contributed by atoms with Crippen LogP contribution in [0.3, 0.4) is 0 Å². The lowest BCUT2D eigenvalue weighted by atomic mass is 10.1. The number of sulfone groups is 1. The van der Waals surface area contributed by atoms with Crippen LogP contribution in [-0.4, -0.2) is 42.0 Å². The van der Waals surface area contributed by atoms with Gasteiger partial charge in [0.1, 0.15) is 0 Å². The third-order valence-corrected chi connectivity index (χ3v) is 6.43. The first-order chi connectivity index (χ1) is 14.4. The molecule has 0 saturated carbocycles. The summed E-state index contributed by atoms with van der Waals surface area (Å²) in [6.07, 6.45) is 4.71. The number of rotatable bonds is 6. The highest BCUT2D eigenvalue weighted by Crippen LogP contribution is 2.31. The van der Waals surface area contributed by atoms with Crippen LogP contribution in [0, 0.1) is 0 Å². The summed E-state index contributed by atoms with van der Waals surface area (Å²) in [6.45, 7) is 1.02. The molecule has 0 bridgehead atoms. The Balaban J connectivity index is 1.47. The summed E-state index contributed by atoms with van der Waals surface area (Å²) in [4.78, 5) is 16.8. The van der Waals surface area contributed by atoms with Crippen LogP contribution in [0.2, 0.25) is 0 Å². The number of thiazole rings is 1. The van der Waals surface area contributed by atoms with E-state index in [1.165, 1.54) is 17.6 Å². The Morgan fingerprint density at radius 2 is 1.97 bits per heavy atom. The molecule has 2 N–H and O–H groups in total. The maximum atomic E-state index is 12.1. The number of aromatic nitrogens is 3. The highest BCUT2D eigenvalue weighted by molar-refractivity contribution is 7.90. The molecule has 0 aliphatic heterocycles. The maximum absolute atomic E-state index is 12.1. The Hall–Kier alpha value is -3.24. The first kappa shape index (κ1) is 20.0. The number of nitrogens with one attached hydrogen (secondary N) is 2. The smallest absolute Gasteiger partial charge is 0.321 e. The van der Waals surface area contributed by atoms with Crippen molar-refractivity contribution in [3.63, 3.8) is 0 Å². The Bertz CT molecular complexity index is 1300. The summed E-state index contributed by atoms with van der Waals surface area (Å²) in [6, 6.07) is 14.0. The van der Waals surface area contributed by atoms with Crippen LogP contribution in [-0.2, 0) is 16.4 Å². The Kier molecular flexibility index (Phi) is 5.51. The Morgan fingerprint density at radius 1 is 1.13 bits per heavy atom. The van der Waals surface area contributed by atoms with Gasteiger partial charge in [-0.25, -0.2) is 18.2 Å². The molecule has 0 fully saturated rings. The second-order valence-corrected chi connectivity index (χ2v) is 9.70. The lowest BCUT2D eigenvalue weighted by molar-refractivity contribution is 0.251. The zero-order valence-corrected chi connectivity index (χ0v) is 17.7. The van der Waals surface area contributed by atoms with Gasteiger partial charge in [-0.2, -0.15) is 5.10 Å². The number of carbonyl (C=O) groups excluding carboxylic acids is 1. The molecular formula is C20H19N5O3S2.